The number of rotatable bonds is 5. The van der Waals surface area contributed by atoms with Crippen molar-refractivity contribution < 1.29 is 13.2 Å². The highest BCUT2D eigenvalue weighted by atomic mass is 35.5. The summed E-state index contributed by atoms with van der Waals surface area (Å²) in [6.07, 6.45) is 0.983. The molecule has 0 aliphatic carbocycles. The molecule has 0 bridgehead atoms. The molecule has 5 nitrogen and oxygen atoms in total. The van der Waals surface area contributed by atoms with Crippen molar-refractivity contribution in [1.82, 2.24) is 0 Å². The van der Waals surface area contributed by atoms with Gasteiger partial charge >= 0.3 is 0 Å². The van der Waals surface area contributed by atoms with Crippen molar-refractivity contribution in [3.8, 4) is 0 Å². The first-order chi connectivity index (χ1) is 11.2. The van der Waals surface area contributed by atoms with Crippen LogP contribution < -0.4 is 9.62 Å². The molecule has 0 unspecified atom stereocenters. The second kappa shape index (κ2) is 7.61. The zero-order valence-corrected chi connectivity index (χ0v) is 15.5. The van der Waals surface area contributed by atoms with Gasteiger partial charge in [-0.05, 0) is 36.4 Å². The molecule has 1 N–H and O–H groups in total. The van der Waals surface area contributed by atoms with Gasteiger partial charge in [0, 0.05) is 15.7 Å². The third-order valence-electron chi connectivity index (χ3n) is 2.97. The van der Waals surface area contributed by atoms with Gasteiger partial charge in [0.15, 0.2) is 0 Å². The van der Waals surface area contributed by atoms with Crippen molar-refractivity contribution in [3.05, 3.63) is 57.5 Å². The van der Waals surface area contributed by atoms with E-state index in [1.165, 1.54) is 18.2 Å². The number of anilines is 2. The van der Waals surface area contributed by atoms with Crippen LogP contribution in [-0.2, 0) is 14.8 Å². The van der Waals surface area contributed by atoms with Crippen molar-refractivity contribution >= 4 is 62.1 Å². The van der Waals surface area contributed by atoms with Crippen molar-refractivity contribution in [1.29, 1.82) is 0 Å². The van der Waals surface area contributed by atoms with E-state index in [9.17, 15) is 13.2 Å². The first-order valence-electron chi connectivity index (χ1n) is 6.65. The summed E-state index contributed by atoms with van der Waals surface area (Å²) in [6.45, 7) is -0.453. The largest absolute Gasteiger partial charge is 0.324 e. The molecule has 0 radical (unpaired) electrons. The Hall–Kier alpha value is -1.47. The molecule has 24 heavy (non-hydrogen) atoms. The minimum absolute atomic E-state index is 0.132. The topological polar surface area (TPSA) is 66.5 Å². The summed E-state index contributed by atoms with van der Waals surface area (Å²) in [7, 11) is -3.75. The molecule has 1 amide bonds. The molecule has 0 fully saturated rings. The zero-order valence-electron chi connectivity index (χ0n) is 12.5. The first-order valence-corrected chi connectivity index (χ1v) is 9.63. The van der Waals surface area contributed by atoms with Crippen LogP contribution in [0.4, 0.5) is 11.4 Å². The number of halogens is 3. The Morgan fingerprint density at radius 2 is 1.75 bits per heavy atom. The molecule has 2 aromatic carbocycles. The molecule has 0 spiro atoms. The number of amides is 1. The van der Waals surface area contributed by atoms with Gasteiger partial charge in [0.05, 0.1) is 17.0 Å². The maximum absolute atomic E-state index is 12.2. The molecule has 0 saturated carbocycles. The Morgan fingerprint density at radius 1 is 1.08 bits per heavy atom. The van der Waals surface area contributed by atoms with Gasteiger partial charge in [0.2, 0.25) is 15.9 Å². The molecular formula is C15H13Cl3N2O3S. The lowest BCUT2D eigenvalue weighted by Crippen LogP contribution is -2.37. The van der Waals surface area contributed by atoms with Crippen LogP contribution in [0, 0.1) is 0 Å². The summed E-state index contributed by atoms with van der Waals surface area (Å²) in [5.74, 6) is -0.543. The number of nitrogens with zero attached hydrogens (tertiary/aromatic N) is 1. The summed E-state index contributed by atoms with van der Waals surface area (Å²) in [5.41, 5.74) is 0.589. The number of carbonyl (C=O) groups is 1. The Morgan fingerprint density at radius 3 is 2.38 bits per heavy atom. The molecule has 0 aromatic heterocycles. The van der Waals surface area contributed by atoms with E-state index >= 15 is 0 Å². The van der Waals surface area contributed by atoms with Gasteiger partial charge in [-0.25, -0.2) is 8.42 Å². The van der Waals surface area contributed by atoms with Crippen LogP contribution in [0.5, 0.6) is 0 Å². The van der Waals surface area contributed by atoms with Crippen LogP contribution in [0.25, 0.3) is 0 Å². The van der Waals surface area contributed by atoms with Crippen LogP contribution >= 0.6 is 34.8 Å². The minimum Gasteiger partial charge on any atom is -0.324 e. The lowest BCUT2D eigenvalue weighted by atomic mass is 10.3. The minimum atomic E-state index is -3.75. The van der Waals surface area contributed by atoms with E-state index in [1.807, 2.05) is 0 Å². The number of nitrogens with one attached hydrogen (secondary N) is 1. The third-order valence-corrected chi connectivity index (χ3v) is 4.89. The number of sulfonamides is 1. The predicted molar refractivity (Wildman–Crippen MR) is 98.7 cm³/mol. The molecule has 2 aromatic rings. The predicted octanol–water partition coefficient (Wildman–Crippen LogP) is 4.05. The van der Waals surface area contributed by atoms with Gasteiger partial charge in [-0.15, -0.1) is 0 Å². The first kappa shape index (κ1) is 18.9. The van der Waals surface area contributed by atoms with E-state index < -0.39 is 22.5 Å². The van der Waals surface area contributed by atoms with Crippen molar-refractivity contribution in [2.24, 2.45) is 0 Å². The molecular weight excluding hydrogens is 395 g/mol. The molecule has 128 valence electrons. The highest BCUT2D eigenvalue weighted by molar-refractivity contribution is 7.92. The smallest absolute Gasteiger partial charge is 0.245 e. The zero-order chi connectivity index (χ0) is 17.9. The average molecular weight is 408 g/mol. The summed E-state index contributed by atoms with van der Waals surface area (Å²) < 4.78 is 25.0. The second-order valence-corrected chi connectivity index (χ2v) is 8.11. The Balaban J connectivity index is 2.27. The summed E-state index contributed by atoms with van der Waals surface area (Å²) in [5, 5.41) is 3.50. The molecule has 0 atom stereocenters. The fourth-order valence-electron chi connectivity index (χ4n) is 1.96. The van der Waals surface area contributed by atoms with Crippen LogP contribution in [0.15, 0.2) is 42.5 Å². The SMILES string of the molecule is CS(=O)(=O)N(CC(=O)Nc1cccc(Cl)c1)c1cc(Cl)ccc1Cl. The molecule has 2 rings (SSSR count). The molecule has 0 heterocycles. The van der Waals surface area contributed by atoms with E-state index in [1.54, 1.807) is 24.3 Å². The number of benzene rings is 2. The van der Waals surface area contributed by atoms with E-state index in [-0.39, 0.29) is 10.7 Å². The van der Waals surface area contributed by atoms with Gasteiger partial charge < -0.3 is 5.32 Å². The normalized spacial score (nSPS) is 11.2. The Kier molecular flexibility index (Phi) is 5.98. The number of hydrogen-bond acceptors (Lipinski definition) is 3. The molecule has 0 aliphatic heterocycles. The average Bonchev–Trinajstić information content (AvgIpc) is 2.46. The fraction of sp³-hybridized carbons (Fsp3) is 0.133. The summed E-state index contributed by atoms with van der Waals surface area (Å²) >= 11 is 17.8. The van der Waals surface area contributed by atoms with E-state index in [0.29, 0.717) is 15.7 Å². The summed E-state index contributed by atoms with van der Waals surface area (Å²) in [6, 6.07) is 10.9. The Labute approximate surface area is 155 Å². The van der Waals surface area contributed by atoms with Gasteiger partial charge in [0.25, 0.3) is 0 Å². The molecule has 9 heteroatoms. The van der Waals surface area contributed by atoms with Gasteiger partial charge in [0.1, 0.15) is 6.54 Å². The fourth-order valence-corrected chi connectivity index (χ4v) is 3.44. The third kappa shape index (κ3) is 5.01. The molecule has 0 saturated heterocycles. The highest BCUT2D eigenvalue weighted by Crippen LogP contribution is 2.30. The van der Waals surface area contributed by atoms with E-state index in [2.05, 4.69) is 5.32 Å². The number of carbonyl (C=O) groups excluding carboxylic acids is 1. The van der Waals surface area contributed by atoms with Crippen LogP contribution in [0.3, 0.4) is 0 Å². The van der Waals surface area contributed by atoms with Crippen LogP contribution in [0.2, 0.25) is 15.1 Å². The Bertz CT molecular complexity index is 872. The quantitative estimate of drug-likeness (QED) is 0.813. The van der Waals surface area contributed by atoms with Gasteiger partial charge in [-0.3, -0.25) is 9.10 Å². The van der Waals surface area contributed by atoms with Crippen LogP contribution in [-0.4, -0.2) is 27.1 Å². The van der Waals surface area contributed by atoms with E-state index in [0.717, 1.165) is 10.6 Å². The highest BCUT2D eigenvalue weighted by Gasteiger charge is 2.23. The van der Waals surface area contributed by atoms with Gasteiger partial charge in [-0.2, -0.15) is 0 Å². The lowest BCUT2D eigenvalue weighted by molar-refractivity contribution is -0.114. The van der Waals surface area contributed by atoms with Crippen LogP contribution in [0.1, 0.15) is 0 Å². The number of hydrogen-bond donors (Lipinski definition) is 1. The maximum Gasteiger partial charge on any atom is 0.245 e. The van der Waals surface area contributed by atoms with Crippen molar-refractivity contribution in [2.45, 2.75) is 0 Å². The van der Waals surface area contributed by atoms with Gasteiger partial charge in [-0.1, -0.05) is 40.9 Å². The summed E-state index contributed by atoms with van der Waals surface area (Å²) in [4.78, 5) is 12.2. The monoisotopic (exact) mass is 406 g/mol. The maximum atomic E-state index is 12.2. The van der Waals surface area contributed by atoms with E-state index in [4.69, 9.17) is 34.8 Å². The van der Waals surface area contributed by atoms with Crippen molar-refractivity contribution in [3.63, 3.8) is 0 Å². The second-order valence-electron chi connectivity index (χ2n) is 4.92. The van der Waals surface area contributed by atoms with Crippen molar-refractivity contribution in [2.75, 3.05) is 22.4 Å². The standard InChI is InChI=1S/C15H13Cl3N2O3S/c1-24(22,23)20(14-8-11(17)5-6-13(14)18)9-15(21)19-12-4-2-3-10(16)7-12/h2-8H,9H2,1H3,(H,19,21). The molecule has 0 aliphatic rings. The lowest BCUT2D eigenvalue weighted by Gasteiger charge is -2.23.